The summed E-state index contributed by atoms with van der Waals surface area (Å²) in [5.74, 6) is -0.894. The third-order valence-corrected chi connectivity index (χ3v) is 8.50. The number of hydrogen-bond donors (Lipinski definition) is 2. The number of piperidine rings is 1. The van der Waals surface area contributed by atoms with E-state index < -0.39 is 5.97 Å². The van der Waals surface area contributed by atoms with Gasteiger partial charge in [0.1, 0.15) is 0 Å². The third kappa shape index (κ3) is 6.26. The Morgan fingerprint density at radius 3 is 2.14 bits per heavy atom. The van der Waals surface area contributed by atoms with Crippen LogP contribution in [-0.4, -0.2) is 45.3 Å². The Kier molecular flexibility index (Phi) is 8.38. The number of hydrogen-bond acceptors (Lipinski definition) is 5. The Bertz CT molecular complexity index is 1660. The Labute approximate surface area is 254 Å². The van der Waals surface area contributed by atoms with E-state index in [0.29, 0.717) is 22.2 Å². The van der Waals surface area contributed by atoms with Crippen LogP contribution in [0.2, 0.25) is 10.0 Å². The van der Waals surface area contributed by atoms with Gasteiger partial charge in [-0.15, -0.1) is 0 Å². The van der Waals surface area contributed by atoms with Crippen molar-refractivity contribution in [3.8, 4) is 0 Å². The molecule has 0 unspecified atom stereocenters. The van der Waals surface area contributed by atoms with Gasteiger partial charge in [0.15, 0.2) is 0 Å². The summed E-state index contributed by atoms with van der Waals surface area (Å²) in [4.78, 5) is 14.0. The molecule has 0 spiro atoms. The van der Waals surface area contributed by atoms with Crippen LogP contribution in [0.3, 0.4) is 0 Å². The van der Waals surface area contributed by atoms with Crippen molar-refractivity contribution in [3.05, 3.63) is 135 Å². The highest BCUT2D eigenvalue weighted by atomic mass is 35.5. The zero-order valence-corrected chi connectivity index (χ0v) is 24.4. The number of carboxylic acids is 1. The predicted molar refractivity (Wildman–Crippen MR) is 169 cm³/mol. The first-order valence-electron chi connectivity index (χ1n) is 14.0. The molecule has 1 aromatic heterocycles. The van der Waals surface area contributed by atoms with E-state index in [-0.39, 0.29) is 12.0 Å². The summed E-state index contributed by atoms with van der Waals surface area (Å²) < 4.78 is 0. The van der Waals surface area contributed by atoms with Gasteiger partial charge in [-0.05, 0) is 77.6 Å². The van der Waals surface area contributed by atoms with Crippen molar-refractivity contribution in [2.24, 2.45) is 0 Å². The molecule has 0 aliphatic carbocycles. The molecule has 2 N–H and O–H groups in total. The average molecular weight is 598 g/mol. The van der Waals surface area contributed by atoms with Gasteiger partial charge in [0.05, 0.1) is 23.0 Å². The second-order valence-electron chi connectivity index (χ2n) is 10.7. The first-order chi connectivity index (χ1) is 20.4. The maximum atomic E-state index is 11.6. The second-order valence-corrected chi connectivity index (χ2v) is 11.6. The van der Waals surface area contributed by atoms with Crippen molar-refractivity contribution >= 4 is 45.8 Å². The summed E-state index contributed by atoms with van der Waals surface area (Å²) >= 11 is 12.4. The fraction of sp³-hybridized carbons (Fsp3) is 0.206. The number of likely N-dealkylation sites (tertiary alicyclic amines) is 1. The maximum absolute atomic E-state index is 11.6. The molecular weight excluding hydrogens is 567 g/mol. The summed E-state index contributed by atoms with van der Waals surface area (Å²) in [5.41, 5.74) is 6.42. The van der Waals surface area contributed by atoms with Crippen molar-refractivity contribution in [3.63, 3.8) is 0 Å². The number of aromatic nitrogens is 2. The highest BCUT2D eigenvalue weighted by molar-refractivity contribution is 6.30. The van der Waals surface area contributed by atoms with E-state index in [2.05, 4.69) is 56.8 Å². The minimum Gasteiger partial charge on any atom is -0.478 e. The molecule has 1 saturated heterocycles. The smallest absolute Gasteiger partial charge is 0.336 e. The molecule has 4 aromatic carbocycles. The molecule has 0 atom stereocenters. The first-order valence-corrected chi connectivity index (χ1v) is 14.8. The highest BCUT2D eigenvalue weighted by Crippen LogP contribution is 2.36. The molecule has 1 fully saturated rings. The second kappa shape index (κ2) is 12.5. The summed E-state index contributed by atoms with van der Waals surface area (Å²) in [6, 6.07) is 29.8. The average Bonchev–Trinajstić information content (AvgIpc) is 3.00. The molecule has 212 valence electrons. The summed E-state index contributed by atoms with van der Waals surface area (Å²) in [5, 5.41) is 24.4. The number of benzene rings is 4. The monoisotopic (exact) mass is 596 g/mol. The number of carbonyl (C=O) groups is 1. The number of carboxylic acid groups (broad SMARTS) is 1. The van der Waals surface area contributed by atoms with Crippen LogP contribution in [0.4, 0.5) is 5.69 Å². The lowest BCUT2D eigenvalue weighted by atomic mass is 9.84. The van der Waals surface area contributed by atoms with Crippen LogP contribution >= 0.6 is 23.2 Å². The fourth-order valence-corrected chi connectivity index (χ4v) is 6.07. The number of rotatable bonds is 8. The van der Waals surface area contributed by atoms with E-state index in [1.165, 1.54) is 0 Å². The molecule has 5 aromatic rings. The van der Waals surface area contributed by atoms with Crippen LogP contribution in [-0.2, 0) is 6.54 Å². The van der Waals surface area contributed by atoms with Crippen LogP contribution in [0.15, 0.2) is 97.2 Å². The van der Waals surface area contributed by atoms with Crippen LogP contribution in [0.25, 0.3) is 10.9 Å². The number of aromatic carboxylic acids is 1. The number of nitrogens with zero attached hydrogens (tertiary/aromatic N) is 3. The lowest BCUT2D eigenvalue weighted by Gasteiger charge is -2.33. The number of fused-ring (bicyclic) bond motifs is 1. The molecule has 1 aliphatic heterocycles. The van der Waals surface area contributed by atoms with E-state index in [1.807, 2.05) is 42.5 Å². The summed E-state index contributed by atoms with van der Waals surface area (Å²) in [6.45, 7) is 2.39. The van der Waals surface area contributed by atoms with Gasteiger partial charge in [-0.25, -0.2) is 4.79 Å². The van der Waals surface area contributed by atoms with Crippen LogP contribution in [0, 0.1) is 0 Å². The van der Waals surface area contributed by atoms with Crippen molar-refractivity contribution < 1.29 is 9.90 Å². The van der Waals surface area contributed by atoms with Crippen molar-refractivity contribution in [2.45, 2.75) is 31.3 Å². The molecule has 0 saturated carbocycles. The molecule has 0 bridgehead atoms. The Morgan fingerprint density at radius 2 is 1.50 bits per heavy atom. The molecule has 6 rings (SSSR count). The molecule has 8 heteroatoms. The quantitative estimate of drug-likeness (QED) is 0.177. The SMILES string of the molecule is O=C(O)c1ccccc1CN1CCC(Nc2cnnc3ccc(C(c4ccc(Cl)cc4)c4ccc(Cl)cc4)cc23)CC1. The van der Waals surface area contributed by atoms with Gasteiger partial charge in [0, 0.05) is 47.0 Å². The van der Waals surface area contributed by atoms with E-state index >= 15 is 0 Å². The van der Waals surface area contributed by atoms with E-state index in [1.54, 1.807) is 18.3 Å². The fourth-order valence-electron chi connectivity index (χ4n) is 5.82. The van der Waals surface area contributed by atoms with Gasteiger partial charge >= 0.3 is 5.97 Å². The molecule has 42 heavy (non-hydrogen) atoms. The minimum atomic E-state index is -0.882. The van der Waals surface area contributed by atoms with Gasteiger partial charge in [0.25, 0.3) is 0 Å². The van der Waals surface area contributed by atoms with E-state index in [0.717, 1.165) is 64.8 Å². The topological polar surface area (TPSA) is 78.4 Å². The van der Waals surface area contributed by atoms with E-state index in [9.17, 15) is 9.90 Å². The standard InChI is InChI=1S/C34H30Cl2N4O2/c35-26-10-5-22(6-11-26)33(23-7-12-27(36)13-8-23)24-9-14-31-30(19-24)32(20-37-39-31)38-28-15-17-40(18-16-28)21-25-3-1-2-4-29(25)34(41)42/h1-14,19-20,28,33H,15-18,21H2,(H,38,39)(H,41,42). The third-order valence-electron chi connectivity index (χ3n) is 7.99. The lowest BCUT2D eigenvalue weighted by Crippen LogP contribution is -2.39. The number of nitrogens with one attached hydrogen (secondary N) is 1. The van der Waals surface area contributed by atoms with Crippen molar-refractivity contribution in [2.75, 3.05) is 18.4 Å². The van der Waals surface area contributed by atoms with Gasteiger partial charge in [-0.3, -0.25) is 4.90 Å². The lowest BCUT2D eigenvalue weighted by molar-refractivity contribution is 0.0694. The van der Waals surface area contributed by atoms with Crippen LogP contribution < -0.4 is 5.32 Å². The summed E-state index contributed by atoms with van der Waals surface area (Å²) in [7, 11) is 0. The predicted octanol–water partition coefficient (Wildman–Crippen LogP) is 7.89. The van der Waals surface area contributed by atoms with Gasteiger partial charge < -0.3 is 10.4 Å². The van der Waals surface area contributed by atoms with Crippen LogP contribution in [0.1, 0.15) is 51.4 Å². The molecule has 1 aliphatic rings. The largest absolute Gasteiger partial charge is 0.478 e. The first kappa shape index (κ1) is 28.2. The van der Waals surface area contributed by atoms with Gasteiger partial charge in [0.2, 0.25) is 0 Å². The van der Waals surface area contributed by atoms with Crippen molar-refractivity contribution in [1.82, 2.24) is 15.1 Å². The minimum absolute atomic E-state index is 0.0122. The molecular formula is C34H30Cl2N4O2. The van der Waals surface area contributed by atoms with Crippen molar-refractivity contribution in [1.29, 1.82) is 0 Å². The molecule has 2 heterocycles. The number of anilines is 1. The highest BCUT2D eigenvalue weighted by Gasteiger charge is 2.23. The summed E-state index contributed by atoms with van der Waals surface area (Å²) in [6.07, 6.45) is 3.69. The Hall–Kier alpha value is -3.97. The van der Waals surface area contributed by atoms with Gasteiger partial charge in [-0.1, -0.05) is 71.7 Å². The Balaban J connectivity index is 1.23. The maximum Gasteiger partial charge on any atom is 0.336 e. The van der Waals surface area contributed by atoms with Gasteiger partial charge in [-0.2, -0.15) is 10.2 Å². The zero-order chi connectivity index (χ0) is 29.1. The normalized spacial score (nSPS) is 14.4. The molecule has 0 amide bonds. The Morgan fingerprint density at radius 1 is 0.881 bits per heavy atom. The number of halogens is 2. The van der Waals surface area contributed by atoms with E-state index in [4.69, 9.17) is 23.2 Å². The molecule has 6 nitrogen and oxygen atoms in total. The molecule has 0 radical (unpaired) electrons. The van der Waals surface area contributed by atoms with Crippen LogP contribution in [0.5, 0.6) is 0 Å². The zero-order valence-electron chi connectivity index (χ0n) is 22.9.